The predicted molar refractivity (Wildman–Crippen MR) is 57.8 cm³/mol. The molecule has 0 fully saturated rings. The SMILES string of the molecule is CC(N)N(CCN)CCN.Cl.Cl. The van der Waals surface area contributed by atoms with Gasteiger partial charge in [0.1, 0.15) is 0 Å². The fourth-order valence-corrected chi connectivity index (χ4v) is 0.851. The molecule has 4 nitrogen and oxygen atoms in total. The minimum atomic E-state index is 0. The van der Waals surface area contributed by atoms with Crippen LogP contribution in [-0.2, 0) is 0 Å². The fraction of sp³-hybridized carbons (Fsp3) is 1.00. The van der Waals surface area contributed by atoms with Gasteiger partial charge in [0, 0.05) is 26.2 Å². The van der Waals surface area contributed by atoms with Gasteiger partial charge in [-0.3, -0.25) is 4.90 Å². The normalized spacial score (nSPS) is 11.8. The lowest BCUT2D eigenvalue weighted by molar-refractivity contribution is 0.225. The van der Waals surface area contributed by atoms with E-state index in [1.165, 1.54) is 0 Å². The zero-order chi connectivity index (χ0) is 7.98. The van der Waals surface area contributed by atoms with Crippen molar-refractivity contribution in [2.45, 2.75) is 13.1 Å². The first-order valence-corrected chi connectivity index (χ1v) is 3.62. The van der Waals surface area contributed by atoms with E-state index in [2.05, 4.69) is 4.90 Å². The van der Waals surface area contributed by atoms with Gasteiger partial charge in [0.2, 0.25) is 0 Å². The number of hydrogen-bond acceptors (Lipinski definition) is 4. The summed E-state index contributed by atoms with van der Waals surface area (Å²) in [5, 5.41) is 0. The lowest BCUT2D eigenvalue weighted by atomic mass is 10.4. The van der Waals surface area contributed by atoms with Gasteiger partial charge < -0.3 is 17.2 Å². The second-order valence-electron chi connectivity index (χ2n) is 2.35. The van der Waals surface area contributed by atoms with Crippen LogP contribution < -0.4 is 17.2 Å². The van der Waals surface area contributed by atoms with Crippen LogP contribution in [-0.4, -0.2) is 37.2 Å². The molecule has 78 valence electrons. The Hall–Kier alpha value is 0.420. The third kappa shape index (κ3) is 8.52. The highest BCUT2D eigenvalue weighted by atomic mass is 35.5. The third-order valence-electron chi connectivity index (χ3n) is 1.41. The Labute approximate surface area is 86.6 Å². The van der Waals surface area contributed by atoms with Gasteiger partial charge in [-0.25, -0.2) is 0 Å². The Morgan fingerprint density at radius 3 is 1.58 bits per heavy atom. The Morgan fingerprint density at radius 1 is 1.08 bits per heavy atom. The fourth-order valence-electron chi connectivity index (χ4n) is 0.851. The second-order valence-corrected chi connectivity index (χ2v) is 2.35. The summed E-state index contributed by atoms with van der Waals surface area (Å²) < 4.78 is 0. The van der Waals surface area contributed by atoms with Crippen LogP contribution in [0.4, 0.5) is 0 Å². The largest absolute Gasteiger partial charge is 0.329 e. The molecule has 0 aromatic rings. The van der Waals surface area contributed by atoms with Gasteiger partial charge in [-0.05, 0) is 6.92 Å². The van der Waals surface area contributed by atoms with Crippen LogP contribution in [0.1, 0.15) is 6.92 Å². The lowest BCUT2D eigenvalue weighted by Gasteiger charge is -2.24. The van der Waals surface area contributed by atoms with Gasteiger partial charge in [0.15, 0.2) is 0 Å². The number of halogens is 2. The molecule has 0 radical (unpaired) electrons. The molecule has 0 heterocycles. The van der Waals surface area contributed by atoms with Crippen molar-refractivity contribution in [1.82, 2.24) is 4.90 Å². The summed E-state index contributed by atoms with van der Waals surface area (Å²) in [7, 11) is 0. The van der Waals surface area contributed by atoms with Gasteiger partial charge in [0.05, 0.1) is 6.17 Å². The van der Waals surface area contributed by atoms with E-state index in [1.54, 1.807) is 0 Å². The second kappa shape index (κ2) is 11.4. The van der Waals surface area contributed by atoms with Crippen LogP contribution >= 0.6 is 24.8 Å². The monoisotopic (exact) mass is 218 g/mol. The summed E-state index contributed by atoms with van der Waals surface area (Å²) in [6, 6.07) is 0. The first-order chi connectivity index (χ1) is 4.72. The average Bonchev–Trinajstić information content (AvgIpc) is 1.87. The van der Waals surface area contributed by atoms with E-state index in [0.717, 1.165) is 13.1 Å². The molecule has 6 heteroatoms. The van der Waals surface area contributed by atoms with E-state index in [0.29, 0.717) is 13.1 Å². The van der Waals surface area contributed by atoms with Crippen LogP contribution in [0.25, 0.3) is 0 Å². The van der Waals surface area contributed by atoms with E-state index in [4.69, 9.17) is 17.2 Å². The van der Waals surface area contributed by atoms with Crippen molar-refractivity contribution < 1.29 is 0 Å². The molecule has 0 saturated heterocycles. The number of hydrogen-bond donors (Lipinski definition) is 3. The quantitative estimate of drug-likeness (QED) is 0.537. The number of rotatable bonds is 5. The molecular formula is C6H20Cl2N4. The van der Waals surface area contributed by atoms with Crippen molar-refractivity contribution in [1.29, 1.82) is 0 Å². The minimum absolute atomic E-state index is 0. The Balaban J connectivity index is -0.000000405. The zero-order valence-corrected chi connectivity index (χ0v) is 9.03. The van der Waals surface area contributed by atoms with Crippen molar-refractivity contribution in [2.75, 3.05) is 26.2 Å². The smallest absolute Gasteiger partial charge is 0.0543 e. The summed E-state index contributed by atoms with van der Waals surface area (Å²) in [5.41, 5.74) is 16.3. The molecule has 0 rings (SSSR count). The van der Waals surface area contributed by atoms with E-state index >= 15 is 0 Å². The van der Waals surface area contributed by atoms with Gasteiger partial charge in [-0.2, -0.15) is 0 Å². The van der Waals surface area contributed by atoms with Gasteiger partial charge in [-0.1, -0.05) is 0 Å². The predicted octanol–water partition coefficient (Wildman–Crippen LogP) is -0.646. The van der Waals surface area contributed by atoms with Gasteiger partial charge in [0.25, 0.3) is 0 Å². The summed E-state index contributed by atoms with van der Waals surface area (Å²) >= 11 is 0. The number of nitrogens with zero attached hydrogens (tertiary/aromatic N) is 1. The zero-order valence-electron chi connectivity index (χ0n) is 7.40. The molecule has 0 bridgehead atoms. The molecule has 0 spiro atoms. The molecule has 0 aliphatic carbocycles. The van der Waals surface area contributed by atoms with Crippen LogP contribution in [0, 0.1) is 0 Å². The summed E-state index contributed by atoms with van der Waals surface area (Å²) in [5.74, 6) is 0. The molecule has 6 N–H and O–H groups in total. The van der Waals surface area contributed by atoms with Crippen molar-refractivity contribution in [3.63, 3.8) is 0 Å². The van der Waals surface area contributed by atoms with Crippen LogP contribution in [0.5, 0.6) is 0 Å². The molecule has 0 aliphatic heterocycles. The van der Waals surface area contributed by atoms with Crippen molar-refractivity contribution in [2.24, 2.45) is 17.2 Å². The lowest BCUT2D eigenvalue weighted by Crippen LogP contribution is -2.44. The highest BCUT2D eigenvalue weighted by Crippen LogP contribution is 1.88. The van der Waals surface area contributed by atoms with E-state index < -0.39 is 0 Å². The van der Waals surface area contributed by atoms with E-state index in [-0.39, 0.29) is 31.0 Å². The van der Waals surface area contributed by atoms with Crippen molar-refractivity contribution >= 4 is 24.8 Å². The Morgan fingerprint density at radius 2 is 1.42 bits per heavy atom. The summed E-state index contributed by atoms with van der Waals surface area (Å²) in [4.78, 5) is 2.06. The Bertz CT molecular complexity index is 75.9. The molecule has 0 aliphatic rings. The molecule has 0 amide bonds. The maximum atomic E-state index is 5.62. The van der Waals surface area contributed by atoms with Crippen molar-refractivity contribution in [3.05, 3.63) is 0 Å². The maximum absolute atomic E-state index is 5.62. The van der Waals surface area contributed by atoms with E-state index in [1.807, 2.05) is 6.92 Å². The van der Waals surface area contributed by atoms with E-state index in [9.17, 15) is 0 Å². The molecule has 1 unspecified atom stereocenters. The van der Waals surface area contributed by atoms with Gasteiger partial charge in [-0.15, -0.1) is 24.8 Å². The summed E-state index contributed by atoms with van der Waals surface area (Å²) in [6.45, 7) is 4.87. The first kappa shape index (κ1) is 18.3. The van der Waals surface area contributed by atoms with Crippen LogP contribution in [0.15, 0.2) is 0 Å². The first-order valence-electron chi connectivity index (χ1n) is 3.62. The van der Waals surface area contributed by atoms with Crippen LogP contribution in [0.3, 0.4) is 0 Å². The van der Waals surface area contributed by atoms with Gasteiger partial charge >= 0.3 is 0 Å². The molecule has 0 aromatic heterocycles. The number of nitrogens with two attached hydrogens (primary N) is 3. The molecule has 12 heavy (non-hydrogen) atoms. The topological polar surface area (TPSA) is 81.3 Å². The maximum Gasteiger partial charge on any atom is 0.0543 e. The standard InChI is InChI=1S/C6H18N4.2ClH/c1-6(9)10(4-2-7)5-3-8;;/h6H,2-5,7-9H2,1H3;2*1H. The third-order valence-corrected chi connectivity index (χ3v) is 1.41. The highest BCUT2D eigenvalue weighted by molar-refractivity contribution is 5.85. The highest BCUT2D eigenvalue weighted by Gasteiger charge is 2.05. The molecule has 0 saturated carbocycles. The minimum Gasteiger partial charge on any atom is -0.329 e. The molecular weight excluding hydrogens is 199 g/mol. The average molecular weight is 219 g/mol. The van der Waals surface area contributed by atoms with Crippen molar-refractivity contribution in [3.8, 4) is 0 Å². The molecule has 1 atom stereocenters. The summed E-state index contributed by atoms with van der Waals surface area (Å²) in [6.07, 6.45) is 0.0621. The molecule has 0 aromatic carbocycles. The Kier molecular flexibility index (Phi) is 17.4. The van der Waals surface area contributed by atoms with Crippen LogP contribution in [0.2, 0.25) is 0 Å².